The lowest BCUT2D eigenvalue weighted by Gasteiger charge is -2.43. The molecule has 2 rings (SSSR count). The lowest BCUT2D eigenvalue weighted by molar-refractivity contribution is -0.146. The molecule has 3 N–H and O–H groups in total. The second-order valence-corrected chi connectivity index (χ2v) is 4.41. The highest BCUT2D eigenvalue weighted by molar-refractivity contribution is 4.89. The highest BCUT2D eigenvalue weighted by atomic mass is 16.5. The van der Waals surface area contributed by atoms with Crippen molar-refractivity contribution in [3.05, 3.63) is 0 Å². The molecule has 14 heavy (non-hydrogen) atoms. The van der Waals surface area contributed by atoms with Crippen LogP contribution in [-0.2, 0) is 9.47 Å². The van der Waals surface area contributed by atoms with Gasteiger partial charge in [-0.15, -0.1) is 0 Å². The standard InChI is InChI=1S/C10H20N2O2/c11-12-8-9-1-4-14-10(7-9)2-5-13-6-3-10/h9,12H,1-8,11H2. The Morgan fingerprint density at radius 3 is 2.79 bits per heavy atom. The van der Waals surface area contributed by atoms with Gasteiger partial charge in [0.2, 0.25) is 0 Å². The van der Waals surface area contributed by atoms with Gasteiger partial charge in [0.25, 0.3) is 0 Å². The summed E-state index contributed by atoms with van der Waals surface area (Å²) >= 11 is 0. The summed E-state index contributed by atoms with van der Waals surface area (Å²) in [5.74, 6) is 6.03. The highest BCUT2D eigenvalue weighted by Crippen LogP contribution is 2.36. The number of rotatable bonds is 2. The van der Waals surface area contributed by atoms with E-state index in [1.54, 1.807) is 0 Å². The number of hydrogen-bond donors (Lipinski definition) is 2. The van der Waals surface area contributed by atoms with Crippen LogP contribution >= 0.6 is 0 Å². The van der Waals surface area contributed by atoms with E-state index in [9.17, 15) is 0 Å². The summed E-state index contributed by atoms with van der Waals surface area (Å²) in [4.78, 5) is 0. The first-order valence-electron chi connectivity index (χ1n) is 5.50. The SMILES string of the molecule is NNCC1CCOC2(CCOCC2)C1. The fourth-order valence-corrected chi connectivity index (χ4v) is 2.56. The Bertz CT molecular complexity index is 173. The minimum atomic E-state index is 0.109. The van der Waals surface area contributed by atoms with Crippen molar-refractivity contribution in [2.24, 2.45) is 11.8 Å². The third kappa shape index (κ3) is 2.25. The van der Waals surface area contributed by atoms with Crippen molar-refractivity contribution in [3.63, 3.8) is 0 Å². The second-order valence-electron chi connectivity index (χ2n) is 4.41. The fourth-order valence-electron chi connectivity index (χ4n) is 2.56. The molecule has 1 atom stereocenters. The van der Waals surface area contributed by atoms with Gasteiger partial charge in [-0.1, -0.05) is 0 Å². The van der Waals surface area contributed by atoms with Crippen LogP contribution < -0.4 is 11.3 Å². The Morgan fingerprint density at radius 1 is 1.29 bits per heavy atom. The van der Waals surface area contributed by atoms with Crippen molar-refractivity contribution in [2.45, 2.75) is 31.3 Å². The van der Waals surface area contributed by atoms with E-state index < -0.39 is 0 Å². The minimum Gasteiger partial charge on any atom is -0.381 e. The monoisotopic (exact) mass is 200 g/mol. The average Bonchev–Trinajstić information content (AvgIpc) is 2.19. The molecule has 2 heterocycles. The second kappa shape index (κ2) is 4.57. The summed E-state index contributed by atoms with van der Waals surface area (Å²) < 4.78 is 11.3. The molecule has 2 fully saturated rings. The zero-order chi connectivity index (χ0) is 9.86. The smallest absolute Gasteiger partial charge is 0.0729 e. The first kappa shape index (κ1) is 10.4. The van der Waals surface area contributed by atoms with Gasteiger partial charge >= 0.3 is 0 Å². The summed E-state index contributed by atoms with van der Waals surface area (Å²) in [6.07, 6.45) is 4.37. The van der Waals surface area contributed by atoms with Gasteiger partial charge in [-0.25, -0.2) is 0 Å². The number of hydrogen-bond acceptors (Lipinski definition) is 4. The normalized spacial score (nSPS) is 31.9. The molecule has 1 spiro atoms. The maximum atomic E-state index is 5.93. The third-order valence-corrected chi connectivity index (χ3v) is 3.41. The molecule has 0 aromatic carbocycles. The van der Waals surface area contributed by atoms with Crippen molar-refractivity contribution >= 4 is 0 Å². The molecule has 0 radical (unpaired) electrons. The molecule has 2 aliphatic heterocycles. The molecule has 0 amide bonds. The molecule has 0 aromatic heterocycles. The van der Waals surface area contributed by atoms with Crippen molar-refractivity contribution in [1.29, 1.82) is 0 Å². The van der Waals surface area contributed by atoms with Crippen LogP contribution in [-0.4, -0.2) is 32.0 Å². The van der Waals surface area contributed by atoms with Gasteiger partial charge in [0.15, 0.2) is 0 Å². The van der Waals surface area contributed by atoms with Crippen molar-refractivity contribution in [3.8, 4) is 0 Å². The molecule has 82 valence electrons. The largest absolute Gasteiger partial charge is 0.381 e. The zero-order valence-corrected chi connectivity index (χ0v) is 8.63. The number of ether oxygens (including phenoxy) is 2. The van der Waals surface area contributed by atoms with Gasteiger partial charge in [0, 0.05) is 26.4 Å². The van der Waals surface area contributed by atoms with Gasteiger partial charge in [-0.05, 0) is 31.6 Å². The summed E-state index contributed by atoms with van der Waals surface area (Å²) in [6.45, 7) is 3.49. The Kier molecular flexibility index (Phi) is 3.38. The molecule has 4 nitrogen and oxygen atoms in total. The molecule has 0 aliphatic carbocycles. The van der Waals surface area contributed by atoms with Crippen molar-refractivity contribution in [2.75, 3.05) is 26.4 Å². The maximum absolute atomic E-state index is 5.93. The van der Waals surface area contributed by atoms with Crippen LogP contribution in [0.3, 0.4) is 0 Å². The van der Waals surface area contributed by atoms with Crippen LogP contribution in [0.25, 0.3) is 0 Å². The van der Waals surface area contributed by atoms with Gasteiger partial charge in [-0.2, -0.15) is 0 Å². The lowest BCUT2D eigenvalue weighted by atomic mass is 9.81. The predicted molar refractivity (Wildman–Crippen MR) is 53.7 cm³/mol. The molecule has 2 aliphatic rings. The van der Waals surface area contributed by atoms with Crippen LogP contribution in [0.5, 0.6) is 0 Å². The molecule has 0 aromatic rings. The quantitative estimate of drug-likeness (QED) is 0.501. The van der Waals surface area contributed by atoms with Gasteiger partial charge in [-0.3, -0.25) is 11.3 Å². The van der Waals surface area contributed by atoms with Gasteiger partial charge in [0.1, 0.15) is 0 Å². The summed E-state index contributed by atoms with van der Waals surface area (Å²) in [5, 5.41) is 0. The fraction of sp³-hybridized carbons (Fsp3) is 1.00. The summed E-state index contributed by atoms with van der Waals surface area (Å²) in [7, 11) is 0. The van der Waals surface area contributed by atoms with E-state index in [0.29, 0.717) is 5.92 Å². The Labute approximate surface area is 85.1 Å². The zero-order valence-electron chi connectivity index (χ0n) is 8.63. The molecule has 4 heteroatoms. The molecule has 0 bridgehead atoms. The Balaban J connectivity index is 1.91. The summed E-state index contributed by atoms with van der Waals surface area (Å²) in [6, 6.07) is 0. The number of hydrazine groups is 1. The molecular weight excluding hydrogens is 180 g/mol. The lowest BCUT2D eigenvalue weighted by Crippen LogP contribution is -2.46. The van der Waals surface area contributed by atoms with Crippen LogP contribution in [0.4, 0.5) is 0 Å². The molecule has 1 unspecified atom stereocenters. The van der Waals surface area contributed by atoms with Crippen LogP contribution in [0.2, 0.25) is 0 Å². The first-order valence-corrected chi connectivity index (χ1v) is 5.50. The summed E-state index contributed by atoms with van der Waals surface area (Å²) in [5.41, 5.74) is 2.88. The van der Waals surface area contributed by atoms with Crippen molar-refractivity contribution < 1.29 is 9.47 Å². The van der Waals surface area contributed by atoms with Crippen LogP contribution in [0.1, 0.15) is 25.7 Å². The third-order valence-electron chi connectivity index (χ3n) is 3.41. The van der Waals surface area contributed by atoms with Crippen molar-refractivity contribution in [1.82, 2.24) is 5.43 Å². The average molecular weight is 200 g/mol. The van der Waals surface area contributed by atoms with E-state index in [4.69, 9.17) is 15.3 Å². The Morgan fingerprint density at radius 2 is 2.07 bits per heavy atom. The van der Waals surface area contributed by atoms with E-state index in [-0.39, 0.29) is 5.60 Å². The van der Waals surface area contributed by atoms with Crippen LogP contribution in [0, 0.1) is 5.92 Å². The van der Waals surface area contributed by atoms with Gasteiger partial charge in [0.05, 0.1) is 5.60 Å². The Hall–Kier alpha value is -0.160. The predicted octanol–water partition coefficient (Wildman–Crippen LogP) is 0.425. The van der Waals surface area contributed by atoms with E-state index in [2.05, 4.69) is 5.43 Å². The highest BCUT2D eigenvalue weighted by Gasteiger charge is 2.38. The van der Waals surface area contributed by atoms with E-state index >= 15 is 0 Å². The van der Waals surface area contributed by atoms with Crippen LogP contribution in [0.15, 0.2) is 0 Å². The maximum Gasteiger partial charge on any atom is 0.0729 e. The topological polar surface area (TPSA) is 56.5 Å². The molecule has 0 saturated carbocycles. The van der Waals surface area contributed by atoms with E-state index in [1.165, 1.54) is 0 Å². The van der Waals surface area contributed by atoms with E-state index in [0.717, 1.165) is 52.0 Å². The molecule has 2 saturated heterocycles. The number of nitrogens with one attached hydrogen (secondary N) is 1. The van der Waals surface area contributed by atoms with E-state index in [1.807, 2.05) is 0 Å². The first-order chi connectivity index (χ1) is 6.85. The minimum absolute atomic E-state index is 0.109. The number of nitrogens with two attached hydrogens (primary N) is 1. The van der Waals surface area contributed by atoms with Gasteiger partial charge < -0.3 is 9.47 Å². The molecular formula is C10H20N2O2.